The van der Waals surface area contributed by atoms with E-state index in [-0.39, 0.29) is 41.7 Å². The normalized spacial score (nSPS) is 10.3. The third-order valence-corrected chi connectivity index (χ3v) is 2.56. The predicted octanol–water partition coefficient (Wildman–Crippen LogP) is -1.82. The molecule has 0 unspecified atom stereocenters. The van der Waals surface area contributed by atoms with Crippen molar-refractivity contribution in [3.8, 4) is 0 Å². The van der Waals surface area contributed by atoms with E-state index >= 15 is 0 Å². The highest BCUT2D eigenvalue weighted by atomic mass is 127. The number of hydrogen-bond acceptors (Lipinski definition) is 4. The highest BCUT2D eigenvalue weighted by molar-refractivity contribution is 5.99. The van der Waals surface area contributed by atoms with Crippen molar-refractivity contribution in [3.05, 3.63) is 34.9 Å². The first-order valence-electron chi connectivity index (χ1n) is 5.89. The number of nitrogens with zero attached hydrogens (tertiary/aromatic N) is 1. The zero-order valence-electron chi connectivity index (χ0n) is 11.8. The second-order valence-corrected chi connectivity index (χ2v) is 5.23. The number of ether oxygens (including phenoxy) is 1. The summed E-state index contributed by atoms with van der Waals surface area (Å²) in [5.74, 6) is -0.584. The van der Waals surface area contributed by atoms with Crippen molar-refractivity contribution in [1.82, 2.24) is 0 Å². The number of esters is 1. The number of carbonyl (C=O) groups is 3. The first-order valence-corrected chi connectivity index (χ1v) is 5.89. The van der Waals surface area contributed by atoms with Gasteiger partial charge in [-0.25, -0.2) is 4.79 Å². The molecule has 0 aliphatic rings. The van der Waals surface area contributed by atoms with Crippen LogP contribution in [0, 0.1) is 0 Å². The lowest BCUT2D eigenvalue weighted by Gasteiger charge is -2.23. The van der Waals surface area contributed by atoms with Gasteiger partial charge in [-0.1, -0.05) is 12.1 Å². The molecule has 0 N–H and O–H groups in total. The van der Waals surface area contributed by atoms with Gasteiger partial charge in [0.2, 0.25) is 0 Å². The fourth-order valence-electron chi connectivity index (χ4n) is 1.42. The number of rotatable bonds is 6. The Hall–Kier alpha value is -1.28. The third-order valence-electron chi connectivity index (χ3n) is 2.56. The van der Waals surface area contributed by atoms with E-state index in [9.17, 15) is 14.4 Å². The highest BCUT2D eigenvalue weighted by Crippen LogP contribution is 2.11. The van der Waals surface area contributed by atoms with Crippen molar-refractivity contribution in [2.24, 2.45) is 0 Å². The zero-order valence-corrected chi connectivity index (χ0v) is 13.9. The number of carbonyl (C=O) groups excluding carboxylic acids is 3. The van der Waals surface area contributed by atoms with Gasteiger partial charge in [-0.3, -0.25) is 9.59 Å². The summed E-state index contributed by atoms with van der Waals surface area (Å²) in [6.07, 6.45) is 1.20. The van der Waals surface area contributed by atoms with Crippen LogP contribution >= 0.6 is 0 Å². The van der Waals surface area contributed by atoms with Crippen molar-refractivity contribution < 1.29 is 47.6 Å². The topological polar surface area (TPSA) is 60.4 Å². The van der Waals surface area contributed by atoms with Crippen LogP contribution in [0.1, 0.15) is 31.1 Å². The Morgan fingerprint density at radius 3 is 2.35 bits per heavy atom. The summed E-state index contributed by atoms with van der Waals surface area (Å²) in [6.45, 7) is 0.918. The second kappa shape index (κ2) is 8.11. The first kappa shape index (κ1) is 18.7. The maximum atomic E-state index is 11.9. The molecule has 5 nitrogen and oxygen atoms in total. The molecule has 20 heavy (non-hydrogen) atoms. The molecular formula is C14H18INO4. The van der Waals surface area contributed by atoms with Crippen LogP contribution in [0.25, 0.3) is 0 Å². The van der Waals surface area contributed by atoms with E-state index in [0.717, 1.165) is 0 Å². The molecule has 0 atom stereocenters. The first-order chi connectivity index (χ1) is 8.87. The Bertz CT molecular complexity index is 494. The van der Waals surface area contributed by atoms with E-state index in [1.165, 1.54) is 18.2 Å². The van der Waals surface area contributed by atoms with Crippen LogP contribution in [0.4, 0.5) is 0 Å². The van der Waals surface area contributed by atoms with Gasteiger partial charge in [0.25, 0.3) is 0 Å². The number of halogens is 1. The Morgan fingerprint density at radius 1 is 1.20 bits per heavy atom. The van der Waals surface area contributed by atoms with Crippen molar-refractivity contribution in [1.29, 1.82) is 0 Å². The highest BCUT2D eigenvalue weighted by Gasteiger charge is 2.15. The summed E-state index contributed by atoms with van der Waals surface area (Å²) in [5, 5.41) is 0. The Balaban J connectivity index is 0.00000361. The van der Waals surface area contributed by atoms with Crippen LogP contribution in [0.15, 0.2) is 18.2 Å². The molecule has 6 heteroatoms. The minimum atomic E-state index is -0.584. The molecule has 0 aliphatic carbocycles. The molecule has 1 rings (SSSR count). The molecule has 110 valence electrons. The number of benzene rings is 1. The molecule has 0 bridgehead atoms. The SMILES string of the molecule is C[N+](C)(C)CCOC(=O)c1cc(C=O)ccc1C=O.[I-]. The van der Waals surface area contributed by atoms with Crippen LogP contribution in [0.2, 0.25) is 0 Å². The summed E-state index contributed by atoms with van der Waals surface area (Å²) in [4.78, 5) is 33.4. The van der Waals surface area contributed by atoms with E-state index < -0.39 is 5.97 Å². The number of likely N-dealkylation sites (N-methyl/N-ethyl adjacent to an activating group) is 1. The summed E-state index contributed by atoms with van der Waals surface area (Å²) in [6, 6.07) is 4.29. The van der Waals surface area contributed by atoms with Gasteiger partial charge >= 0.3 is 5.97 Å². The smallest absolute Gasteiger partial charge is 0.339 e. The van der Waals surface area contributed by atoms with E-state index in [0.29, 0.717) is 29.2 Å². The van der Waals surface area contributed by atoms with Gasteiger partial charge in [0, 0.05) is 11.1 Å². The summed E-state index contributed by atoms with van der Waals surface area (Å²) in [5.41, 5.74) is 0.686. The molecule has 0 radical (unpaired) electrons. The molecule has 1 aromatic rings. The zero-order chi connectivity index (χ0) is 14.5. The van der Waals surface area contributed by atoms with Gasteiger partial charge < -0.3 is 33.2 Å². The number of quaternary nitrogens is 1. The maximum absolute atomic E-state index is 11.9. The van der Waals surface area contributed by atoms with Gasteiger partial charge in [0.05, 0.1) is 26.7 Å². The van der Waals surface area contributed by atoms with Gasteiger partial charge in [0.15, 0.2) is 6.29 Å². The molecule has 0 aromatic heterocycles. The summed E-state index contributed by atoms with van der Waals surface area (Å²) < 4.78 is 5.79. The molecule has 1 aromatic carbocycles. The second-order valence-electron chi connectivity index (χ2n) is 5.23. The number of hydrogen-bond donors (Lipinski definition) is 0. The third kappa shape index (κ3) is 5.79. The largest absolute Gasteiger partial charge is 1.00 e. The van der Waals surface area contributed by atoms with Crippen LogP contribution in [-0.2, 0) is 4.74 Å². The fourth-order valence-corrected chi connectivity index (χ4v) is 1.42. The molecule has 0 saturated heterocycles. The Labute approximate surface area is 135 Å². The molecule has 0 amide bonds. The van der Waals surface area contributed by atoms with E-state index in [1.807, 2.05) is 21.1 Å². The van der Waals surface area contributed by atoms with Crippen molar-refractivity contribution in [2.75, 3.05) is 34.3 Å². The molecule has 0 spiro atoms. The average Bonchev–Trinajstić information content (AvgIpc) is 2.36. The molecular weight excluding hydrogens is 373 g/mol. The van der Waals surface area contributed by atoms with Crippen LogP contribution < -0.4 is 24.0 Å². The maximum Gasteiger partial charge on any atom is 0.339 e. The minimum absolute atomic E-state index is 0. The summed E-state index contributed by atoms with van der Waals surface area (Å²) >= 11 is 0. The fraction of sp³-hybridized carbons (Fsp3) is 0.357. The van der Waals surface area contributed by atoms with Crippen molar-refractivity contribution in [3.63, 3.8) is 0 Å². The number of aldehydes is 2. The van der Waals surface area contributed by atoms with Gasteiger partial charge in [-0.2, -0.15) is 0 Å². The molecule has 0 fully saturated rings. The lowest BCUT2D eigenvalue weighted by Crippen LogP contribution is -3.00. The van der Waals surface area contributed by atoms with Crippen LogP contribution in [0.5, 0.6) is 0 Å². The van der Waals surface area contributed by atoms with Crippen LogP contribution in [-0.4, -0.2) is 57.3 Å². The quantitative estimate of drug-likeness (QED) is 0.248. The van der Waals surface area contributed by atoms with E-state index in [1.54, 1.807) is 0 Å². The monoisotopic (exact) mass is 391 g/mol. The van der Waals surface area contributed by atoms with Gasteiger partial charge in [-0.05, 0) is 6.07 Å². The van der Waals surface area contributed by atoms with Gasteiger partial charge in [-0.15, -0.1) is 0 Å². The van der Waals surface area contributed by atoms with E-state index in [4.69, 9.17) is 4.74 Å². The lowest BCUT2D eigenvalue weighted by molar-refractivity contribution is -0.870. The molecule has 0 aliphatic heterocycles. The molecule has 0 saturated carbocycles. The van der Waals surface area contributed by atoms with E-state index in [2.05, 4.69) is 0 Å². The minimum Gasteiger partial charge on any atom is -1.00 e. The van der Waals surface area contributed by atoms with Gasteiger partial charge in [0.1, 0.15) is 19.4 Å². The van der Waals surface area contributed by atoms with Crippen molar-refractivity contribution in [2.45, 2.75) is 0 Å². The standard InChI is InChI=1S/C14H18NO4.HI/c1-15(2,3)6-7-19-14(18)13-8-11(9-16)4-5-12(13)10-17;/h4-5,8-10H,6-7H2,1-3H3;1H/q+1;/p-1. The average molecular weight is 391 g/mol. The van der Waals surface area contributed by atoms with Crippen LogP contribution in [0.3, 0.4) is 0 Å². The summed E-state index contributed by atoms with van der Waals surface area (Å²) in [7, 11) is 5.95. The Morgan fingerprint density at radius 2 is 1.85 bits per heavy atom. The lowest BCUT2D eigenvalue weighted by atomic mass is 10.1. The Kier molecular flexibility index (Phi) is 7.59. The predicted molar refractivity (Wildman–Crippen MR) is 70.4 cm³/mol. The molecule has 0 heterocycles. The van der Waals surface area contributed by atoms with Crippen molar-refractivity contribution >= 4 is 18.5 Å².